The third kappa shape index (κ3) is 6.09. The fourth-order valence-electron chi connectivity index (χ4n) is 4.04. The van der Waals surface area contributed by atoms with Gasteiger partial charge in [-0.15, -0.1) is 0 Å². The molecule has 2 saturated heterocycles. The van der Waals surface area contributed by atoms with Gasteiger partial charge in [0.15, 0.2) is 5.96 Å². The van der Waals surface area contributed by atoms with Gasteiger partial charge in [-0.3, -0.25) is 4.99 Å². The maximum Gasteiger partial charge on any atom is 0.191 e. The lowest BCUT2D eigenvalue weighted by Gasteiger charge is -2.33. The van der Waals surface area contributed by atoms with Crippen LogP contribution < -0.4 is 15.5 Å². The molecule has 0 radical (unpaired) electrons. The maximum absolute atomic E-state index is 4.62. The quantitative estimate of drug-likeness (QED) is 0.438. The third-order valence-corrected chi connectivity index (χ3v) is 5.78. The number of pyridine rings is 1. The Bertz CT molecular complexity index is 579. The van der Waals surface area contributed by atoms with E-state index in [4.69, 9.17) is 0 Å². The van der Waals surface area contributed by atoms with Crippen LogP contribution in [-0.2, 0) is 6.54 Å². The minimum Gasteiger partial charge on any atom is -0.357 e. The van der Waals surface area contributed by atoms with Crippen LogP contribution in [0.2, 0.25) is 0 Å². The van der Waals surface area contributed by atoms with E-state index in [1.54, 1.807) is 0 Å². The SMILES string of the molecule is CN=C(NCCCN1CCCCC1C)NCc1ccc(N2CCCC2)nc1. The second kappa shape index (κ2) is 10.5. The first-order valence-electron chi connectivity index (χ1n) is 10.6. The monoisotopic (exact) mass is 372 g/mol. The van der Waals surface area contributed by atoms with E-state index in [0.29, 0.717) is 0 Å². The summed E-state index contributed by atoms with van der Waals surface area (Å²) in [5.41, 5.74) is 1.18. The molecule has 1 unspecified atom stereocenters. The molecule has 0 spiro atoms. The van der Waals surface area contributed by atoms with E-state index >= 15 is 0 Å². The summed E-state index contributed by atoms with van der Waals surface area (Å²) in [6.07, 6.45) is 9.78. The standard InChI is InChI=1S/C21H36N6/c1-18-8-3-4-12-26(18)15-7-11-23-21(22-2)25-17-19-9-10-20(24-16-19)27-13-5-6-14-27/h9-10,16,18H,3-8,11-15,17H2,1-2H3,(H2,22,23,25). The number of likely N-dealkylation sites (tertiary alicyclic amines) is 1. The molecule has 0 aliphatic carbocycles. The van der Waals surface area contributed by atoms with Crippen molar-refractivity contribution in [2.75, 3.05) is 44.7 Å². The van der Waals surface area contributed by atoms with Crippen molar-refractivity contribution in [2.24, 2.45) is 4.99 Å². The first kappa shape index (κ1) is 19.9. The molecular formula is C21H36N6. The number of rotatable bonds is 7. The van der Waals surface area contributed by atoms with Crippen LogP contribution >= 0.6 is 0 Å². The van der Waals surface area contributed by atoms with Gasteiger partial charge in [-0.1, -0.05) is 12.5 Å². The topological polar surface area (TPSA) is 55.8 Å². The summed E-state index contributed by atoms with van der Waals surface area (Å²) in [4.78, 5) is 13.9. The molecule has 2 aliphatic rings. The van der Waals surface area contributed by atoms with Crippen LogP contribution in [0.3, 0.4) is 0 Å². The lowest BCUT2D eigenvalue weighted by atomic mass is 10.0. The minimum absolute atomic E-state index is 0.743. The number of aliphatic imine (C=N–C) groups is 1. The summed E-state index contributed by atoms with van der Waals surface area (Å²) in [6.45, 7) is 8.76. The summed E-state index contributed by atoms with van der Waals surface area (Å²) in [7, 11) is 1.83. The van der Waals surface area contributed by atoms with E-state index < -0.39 is 0 Å². The highest BCUT2D eigenvalue weighted by molar-refractivity contribution is 5.79. The Morgan fingerprint density at radius 2 is 1.96 bits per heavy atom. The van der Waals surface area contributed by atoms with Crippen molar-refractivity contribution in [3.63, 3.8) is 0 Å². The zero-order valence-electron chi connectivity index (χ0n) is 17.1. The Morgan fingerprint density at radius 3 is 2.67 bits per heavy atom. The molecule has 6 nitrogen and oxygen atoms in total. The number of nitrogens with one attached hydrogen (secondary N) is 2. The minimum atomic E-state index is 0.743. The maximum atomic E-state index is 4.62. The van der Waals surface area contributed by atoms with E-state index in [0.717, 1.165) is 50.4 Å². The number of hydrogen-bond acceptors (Lipinski definition) is 4. The van der Waals surface area contributed by atoms with Crippen molar-refractivity contribution in [3.8, 4) is 0 Å². The number of piperidine rings is 1. The highest BCUT2D eigenvalue weighted by atomic mass is 15.2. The smallest absolute Gasteiger partial charge is 0.191 e. The Balaban J connectivity index is 1.35. The van der Waals surface area contributed by atoms with Gasteiger partial charge in [-0.2, -0.15) is 0 Å². The number of anilines is 1. The predicted octanol–water partition coefficient (Wildman–Crippen LogP) is 2.61. The number of nitrogens with zero attached hydrogens (tertiary/aromatic N) is 4. The first-order valence-corrected chi connectivity index (χ1v) is 10.6. The second-order valence-electron chi connectivity index (χ2n) is 7.81. The molecule has 0 amide bonds. The summed E-state index contributed by atoms with van der Waals surface area (Å²) in [5, 5.41) is 6.83. The normalized spacial score (nSPS) is 21.5. The van der Waals surface area contributed by atoms with Gasteiger partial charge in [0, 0.05) is 52.0 Å². The van der Waals surface area contributed by atoms with E-state index in [1.165, 1.54) is 50.8 Å². The molecule has 2 fully saturated rings. The molecule has 2 aliphatic heterocycles. The average molecular weight is 373 g/mol. The molecule has 6 heteroatoms. The molecule has 27 heavy (non-hydrogen) atoms. The third-order valence-electron chi connectivity index (χ3n) is 5.78. The fraction of sp³-hybridized carbons (Fsp3) is 0.714. The molecule has 3 rings (SSSR count). The van der Waals surface area contributed by atoms with Crippen molar-refractivity contribution in [3.05, 3.63) is 23.9 Å². The van der Waals surface area contributed by atoms with Crippen LogP contribution in [0, 0.1) is 0 Å². The molecule has 1 atom stereocenters. The molecule has 0 saturated carbocycles. The van der Waals surface area contributed by atoms with Crippen LogP contribution in [-0.4, -0.2) is 61.7 Å². The molecule has 0 aromatic carbocycles. The van der Waals surface area contributed by atoms with Gasteiger partial charge >= 0.3 is 0 Å². The van der Waals surface area contributed by atoms with Crippen molar-refractivity contribution < 1.29 is 0 Å². The summed E-state index contributed by atoms with van der Waals surface area (Å²) in [5.74, 6) is 1.97. The van der Waals surface area contributed by atoms with Crippen LogP contribution in [0.1, 0.15) is 51.0 Å². The van der Waals surface area contributed by atoms with Crippen LogP contribution in [0.25, 0.3) is 0 Å². The van der Waals surface area contributed by atoms with Crippen molar-refractivity contribution in [2.45, 2.75) is 58.0 Å². The van der Waals surface area contributed by atoms with Crippen LogP contribution in [0.15, 0.2) is 23.3 Å². The second-order valence-corrected chi connectivity index (χ2v) is 7.81. The van der Waals surface area contributed by atoms with Gasteiger partial charge in [0.1, 0.15) is 5.82 Å². The molecule has 0 bridgehead atoms. The van der Waals surface area contributed by atoms with Crippen LogP contribution in [0.4, 0.5) is 5.82 Å². The average Bonchev–Trinajstić information content (AvgIpc) is 3.24. The number of hydrogen-bond donors (Lipinski definition) is 2. The molecule has 1 aromatic heterocycles. The van der Waals surface area contributed by atoms with Gasteiger partial charge in [0.2, 0.25) is 0 Å². The molecule has 1 aromatic rings. The Labute approximate surface area is 164 Å². The van der Waals surface area contributed by atoms with Crippen molar-refractivity contribution >= 4 is 11.8 Å². The van der Waals surface area contributed by atoms with Crippen molar-refractivity contribution in [1.82, 2.24) is 20.5 Å². The zero-order chi connectivity index (χ0) is 18.9. The van der Waals surface area contributed by atoms with Crippen molar-refractivity contribution in [1.29, 1.82) is 0 Å². The number of guanidine groups is 1. The zero-order valence-corrected chi connectivity index (χ0v) is 17.1. The summed E-state index contributed by atoms with van der Waals surface area (Å²) >= 11 is 0. The Morgan fingerprint density at radius 1 is 1.15 bits per heavy atom. The van der Waals surface area contributed by atoms with Gasteiger partial charge < -0.3 is 20.4 Å². The highest BCUT2D eigenvalue weighted by Gasteiger charge is 2.17. The Hall–Kier alpha value is -1.82. The van der Waals surface area contributed by atoms with Gasteiger partial charge in [0.25, 0.3) is 0 Å². The van der Waals surface area contributed by atoms with Gasteiger partial charge in [-0.25, -0.2) is 4.98 Å². The van der Waals surface area contributed by atoms with E-state index in [9.17, 15) is 0 Å². The largest absolute Gasteiger partial charge is 0.357 e. The van der Waals surface area contributed by atoms with E-state index in [2.05, 4.69) is 49.5 Å². The molecule has 2 N–H and O–H groups in total. The lowest BCUT2D eigenvalue weighted by molar-refractivity contribution is 0.159. The molecular weight excluding hydrogens is 336 g/mol. The number of aromatic nitrogens is 1. The molecule has 3 heterocycles. The predicted molar refractivity (Wildman–Crippen MR) is 113 cm³/mol. The van der Waals surface area contributed by atoms with Crippen LogP contribution in [0.5, 0.6) is 0 Å². The van der Waals surface area contributed by atoms with Gasteiger partial charge in [-0.05, 0) is 57.2 Å². The summed E-state index contributed by atoms with van der Waals surface area (Å²) in [6, 6.07) is 5.05. The summed E-state index contributed by atoms with van der Waals surface area (Å²) < 4.78 is 0. The first-order chi connectivity index (χ1) is 13.3. The van der Waals surface area contributed by atoms with Gasteiger partial charge in [0.05, 0.1) is 0 Å². The fourth-order valence-corrected chi connectivity index (χ4v) is 4.04. The lowest BCUT2D eigenvalue weighted by Crippen LogP contribution is -2.41. The van der Waals surface area contributed by atoms with E-state index in [-0.39, 0.29) is 0 Å². The Kier molecular flexibility index (Phi) is 7.75. The molecule has 150 valence electrons. The highest BCUT2D eigenvalue weighted by Crippen LogP contribution is 2.17. The van der Waals surface area contributed by atoms with E-state index in [1.807, 2.05) is 13.2 Å².